The van der Waals surface area contributed by atoms with E-state index in [0.29, 0.717) is 5.69 Å². The number of amides is 1. The molecule has 17 heavy (non-hydrogen) atoms. The van der Waals surface area contributed by atoms with Crippen molar-refractivity contribution in [1.29, 1.82) is 0 Å². The number of primary amides is 1. The first kappa shape index (κ1) is 12.8. The molecule has 0 saturated heterocycles. The molecular weight excluding hydrogens is 224 g/mol. The minimum absolute atomic E-state index is 0.0868. The van der Waals surface area contributed by atoms with Crippen molar-refractivity contribution in [2.75, 3.05) is 19.5 Å². The molecule has 1 aromatic carbocycles. The van der Waals surface area contributed by atoms with Gasteiger partial charge in [-0.05, 0) is 12.1 Å². The summed E-state index contributed by atoms with van der Waals surface area (Å²) in [5.74, 6) is -0.742. The number of nitrogens with two attached hydrogens (primary N) is 2. The fourth-order valence-corrected chi connectivity index (χ4v) is 1.21. The summed E-state index contributed by atoms with van der Waals surface area (Å²) in [5, 5.41) is 0. The van der Waals surface area contributed by atoms with Crippen molar-refractivity contribution < 1.29 is 19.1 Å². The van der Waals surface area contributed by atoms with Gasteiger partial charge in [0.25, 0.3) is 5.91 Å². The molecule has 0 aliphatic carbocycles. The predicted molar refractivity (Wildman–Crippen MR) is 61.5 cm³/mol. The van der Waals surface area contributed by atoms with E-state index >= 15 is 0 Å². The summed E-state index contributed by atoms with van der Waals surface area (Å²) in [6, 6.07) is 4.51. The third kappa shape index (κ3) is 3.67. The second kappa shape index (κ2) is 5.74. The molecule has 0 fully saturated rings. The van der Waals surface area contributed by atoms with Crippen LogP contribution >= 0.6 is 0 Å². The van der Waals surface area contributed by atoms with E-state index in [1.165, 1.54) is 19.2 Å². The second-order valence-corrected chi connectivity index (χ2v) is 3.29. The van der Waals surface area contributed by atoms with Crippen LogP contribution in [0, 0.1) is 0 Å². The molecule has 6 nitrogen and oxygen atoms in total. The normalized spacial score (nSPS) is 9.71. The summed E-state index contributed by atoms with van der Waals surface area (Å²) in [6.07, 6.45) is 0.0868. The van der Waals surface area contributed by atoms with Crippen molar-refractivity contribution in [1.82, 2.24) is 0 Å². The van der Waals surface area contributed by atoms with Gasteiger partial charge in [0.05, 0.1) is 25.7 Å². The molecule has 1 rings (SSSR count). The molecule has 92 valence electrons. The van der Waals surface area contributed by atoms with Crippen molar-refractivity contribution in [3.05, 3.63) is 23.8 Å². The van der Waals surface area contributed by atoms with Crippen LogP contribution < -0.4 is 16.2 Å². The summed E-state index contributed by atoms with van der Waals surface area (Å²) in [5.41, 5.74) is 11.4. The van der Waals surface area contributed by atoms with Crippen molar-refractivity contribution in [2.45, 2.75) is 6.42 Å². The van der Waals surface area contributed by atoms with Gasteiger partial charge in [-0.15, -0.1) is 0 Å². The van der Waals surface area contributed by atoms with E-state index in [-0.39, 0.29) is 24.3 Å². The number of nitrogen functional groups attached to an aromatic ring is 1. The molecular formula is C11H14N2O4. The van der Waals surface area contributed by atoms with Crippen LogP contribution in [-0.2, 0) is 9.53 Å². The summed E-state index contributed by atoms with van der Waals surface area (Å²) in [7, 11) is 1.29. The first-order valence-corrected chi connectivity index (χ1v) is 4.93. The highest BCUT2D eigenvalue weighted by molar-refractivity contribution is 5.96. The molecule has 1 amide bonds. The number of anilines is 1. The van der Waals surface area contributed by atoms with Gasteiger partial charge in [0, 0.05) is 11.8 Å². The molecule has 0 atom stereocenters. The molecule has 6 heteroatoms. The molecule has 0 spiro atoms. The van der Waals surface area contributed by atoms with E-state index in [2.05, 4.69) is 4.74 Å². The van der Waals surface area contributed by atoms with Crippen LogP contribution in [0.3, 0.4) is 0 Å². The van der Waals surface area contributed by atoms with Crippen LogP contribution in [0.25, 0.3) is 0 Å². The molecule has 1 aromatic rings. The number of hydrogen-bond acceptors (Lipinski definition) is 5. The van der Waals surface area contributed by atoms with Crippen LogP contribution in [-0.4, -0.2) is 25.6 Å². The number of esters is 1. The van der Waals surface area contributed by atoms with Crippen LogP contribution in [0.5, 0.6) is 5.75 Å². The summed E-state index contributed by atoms with van der Waals surface area (Å²) in [4.78, 5) is 22.0. The number of hydrogen-bond donors (Lipinski definition) is 2. The highest BCUT2D eigenvalue weighted by Crippen LogP contribution is 2.21. The predicted octanol–water partition coefficient (Wildman–Crippen LogP) is 0.310. The van der Waals surface area contributed by atoms with Crippen LogP contribution in [0.15, 0.2) is 18.2 Å². The van der Waals surface area contributed by atoms with Crippen LogP contribution in [0.4, 0.5) is 5.69 Å². The Morgan fingerprint density at radius 1 is 1.35 bits per heavy atom. The molecule has 0 aliphatic rings. The Balaban J connectivity index is 2.72. The van der Waals surface area contributed by atoms with Gasteiger partial charge in [-0.25, -0.2) is 0 Å². The summed E-state index contributed by atoms with van der Waals surface area (Å²) < 4.78 is 9.72. The molecule has 0 unspecified atom stereocenters. The summed E-state index contributed by atoms with van der Waals surface area (Å²) in [6.45, 7) is 0.0937. The molecule has 0 saturated carbocycles. The zero-order chi connectivity index (χ0) is 12.8. The standard InChI is InChI=1S/C11H14N2O4/c1-16-10(14)4-5-17-9-6-7(12)2-3-8(9)11(13)15/h2-3,6H,4-5,12H2,1H3,(H2,13,15). The number of benzene rings is 1. The molecule has 0 heterocycles. The first-order chi connectivity index (χ1) is 8.04. The Morgan fingerprint density at radius 3 is 2.65 bits per heavy atom. The van der Waals surface area contributed by atoms with E-state index in [1.807, 2.05) is 0 Å². The third-order valence-corrected chi connectivity index (χ3v) is 2.06. The van der Waals surface area contributed by atoms with Crippen LogP contribution in [0.2, 0.25) is 0 Å². The molecule has 0 aromatic heterocycles. The fraction of sp³-hybridized carbons (Fsp3) is 0.273. The highest BCUT2D eigenvalue weighted by Gasteiger charge is 2.10. The first-order valence-electron chi connectivity index (χ1n) is 4.93. The Morgan fingerprint density at radius 2 is 2.06 bits per heavy atom. The van der Waals surface area contributed by atoms with Crippen molar-refractivity contribution in [3.8, 4) is 5.75 Å². The van der Waals surface area contributed by atoms with Gasteiger partial charge in [0.1, 0.15) is 5.75 Å². The Hall–Kier alpha value is -2.24. The average molecular weight is 238 g/mol. The maximum absolute atomic E-state index is 11.1. The fourth-order valence-electron chi connectivity index (χ4n) is 1.21. The van der Waals surface area contributed by atoms with E-state index in [4.69, 9.17) is 16.2 Å². The van der Waals surface area contributed by atoms with E-state index < -0.39 is 11.9 Å². The van der Waals surface area contributed by atoms with Gasteiger partial charge >= 0.3 is 5.97 Å². The van der Waals surface area contributed by atoms with Gasteiger partial charge in [0.2, 0.25) is 0 Å². The quantitative estimate of drug-likeness (QED) is 0.567. The summed E-state index contributed by atoms with van der Waals surface area (Å²) >= 11 is 0. The lowest BCUT2D eigenvalue weighted by Crippen LogP contribution is -2.14. The number of carbonyl (C=O) groups excluding carboxylic acids is 2. The van der Waals surface area contributed by atoms with Gasteiger partial charge in [-0.1, -0.05) is 0 Å². The number of methoxy groups -OCH3 is 1. The molecule has 0 bridgehead atoms. The van der Waals surface area contributed by atoms with Crippen molar-refractivity contribution >= 4 is 17.6 Å². The van der Waals surface area contributed by atoms with Gasteiger partial charge in [-0.2, -0.15) is 0 Å². The smallest absolute Gasteiger partial charge is 0.308 e. The molecule has 0 aliphatic heterocycles. The SMILES string of the molecule is COC(=O)CCOc1cc(N)ccc1C(N)=O. The van der Waals surface area contributed by atoms with Crippen molar-refractivity contribution in [3.63, 3.8) is 0 Å². The lowest BCUT2D eigenvalue weighted by molar-refractivity contribution is -0.141. The Bertz CT molecular complexity index is 431. The lowest BCUT2D eigenvalue weighted by Gasteiger charge is -2.09. The maximum atomic E-state index is 11.1. The van der Waals surface area contributed by atoms with E-state index in [1.54, 1.807) is 6.07 Å². The van der Waals surface area contributed by atoms with Gasteiger partial charge in [-0.3, -0.25) is 9.59 Å². The zero-order valence-corrected chi connectivity index (χ0v) is 9.43. The second-order valence-electron chi connectivity index (χ2n) is 3.29. The largest absolute Gasteiger partial charge is 0.492 e. The van der Waals surface area contributed by atoms with Crippen LogP contribution in [0.1, 0.15) is 16.8 Å². The monoisotopic (exact) mass is 238 g/mol. The Labute approximate surface area is 98.5 Å². The van der Waals surface area contributed by atoms with E-state index in [9.17, 15) is 9.59 Å². The maximum Gasteiger partial charge on any atom is 0.308 e. The minimum Gasteiger partial charge on any atom is -0.492 e. The van der Waals surface area contributed by atoms with E-state index in [0.717, 1.165) is 0 Å². The van der Waals surface area contributed by atoms with Gasteiger partial charge < -0.3 is 20.9 Å². The van der Waals surface area contributed by atoms with Gasteiger partial charge in [0.15, 0.2) is 0 Å². The topological polar surface area (TPSA) is 105 Å². The highest BCUT2D eigenvalue weighted by atomic mass is 16.5. The zero-order valence-electron chi connectivity index (χ0n) is 9.43. The average Bonchev–Trinajstić information content (AvgIpc) is 2.28. The lowest BCUT2D eigenvalue weighted by atomic mass is 10.1. The number of ether oxygens (including phenoxy) is 2. The number of carbonyl (C=O) groups is 2. The number of rotatable bonds is 5. The third-order valence-electron chi connectivity index (χ3n) is 2.06. The molecule has 0 radical (unpaired) electrons. The Kier molecular flexibility index (Phi) is 4.33. The van der Waals surface area contributed by atoms with Crippen molar-refractivity contribution in [2.24, 2.45) is 5.73 Å². The minimum atomic E-state index is -0.613. The molecule has 4 N–H and O–H groups in total.